The quantitative estimate of drug-likeness (QED) is 0.376. The molecule has 0 fully saturated rings. The number of hydrogen-bond donors (Lipinski definition) is 0. The molecule has 0 amide bonds. The lowest BCUT2D eigenvalue weighted by molar-refractivity contribution is -0.137. The van der Waals surface area contributed by atoms with Gasteiger partial charge in [-0.3, -0.25) is 0 Å². The van der Waals surface area contributed by atoms with Crippen molar-refractivity contribution in [1.29, 1.82) is 0 Å². The van der Waals surface area contributed by atoms with Crippen molar-refractivity contribution in [1.82, 2.24) is 0 Å². The first-order chi connectivity index (χ1) is 6.20. The molecule has 0 aromatic heterocycles. The molecule has 0 aliphatic carbocycles. The molecule has 3 heteroatoms. The van der Waals surface area contributed by atoms with Crippen LogP contribution in [0.2, 0.25) is 0 Å². The topological polar surface area (TPSA) is 26.3 Å². The first-order valence-electron chi connectivity index (χ1n) is 4.68. The molecule has 0 bridgehead atoms. The average Bonchev–Trinajstić information content (AvgIpc) is 2.05. The van der Waals surface area contributed by atoms with Crippen LogP contribution < -0.4 is 0 Å². The number of allylic oxidation sites excluding steroid dienone is 1. The highest BCUT2D eigenvalue weighted by Crippen LogP contribution is 2.16. The van der Waals surface area contributed by atoms with Gasteiger partial charge in [0.05, 0.1) is 6.61 Å². The predicted octanol–water partition coefficient (Wildman–Crippen LogP) is 2.99. The molecule has 0 aromatic carbocycles. The van der Waals surface area contributed by atoms with Gasteiger partial charge in [-0.15, -0.1) is 11.8 Å². The van der Waals surface area contributed by atoms with Crippen LogP contribution in [0.5, 0.6) is 0 Å². The zero-order chi connectivity index (χ0) is 10.1. The van der Waals surface area contributed by atoms with E-state index in [1.165, 1.54) is 12.8 Å². The minimum absolute atomic E-state index is 0.232. The van der Waals surface area contributed by atoms with E-state index < -0.39 is 0 Å². The second kappa shape index (κ2) is 8.17. The Morgan fingerprint density at radius 2 is 2.15 bits per heavy atom. The van der Waals surface area contributed by atoms with E-state index in [9.17, 15) is 4.79 Å². The summed E-state index contributed by atoms with van der Waals surface area (Å²) in [6.07, 6.45) is 3.95. The van der Waals surface area contributed by atoms with Crippen LogP contribution in [0.3, 0.4) is 0 Å². The summed E-state index contributed by atoms with van der Waals surface area (Å²) in [7, 11) is 0. The number of esters is 1. The fourth-order valence-electron chi connectivity index (χ4n) is 0.769. The number of carbonyl (C=O) groups excluding carboxylic acids is 1. The van der Waals surface area contributed by atoms with Gasteiger partial charge in [-0.1, -0.05) is 13.3 Å². The summed E-state index contributed by atoms with van der Waals surface area (Å²) in [5.74, 6) is 0.849. The number of hydrogen-bond acceptors (Lipinski definition) is 3. The van der Waals surface area contributed by atoms with Crippen molar-refractivity contribution in [2.24, 2.45) is 0 Å². The van der Waals surface area contributed by atoms with E-state index in [1.807, 2.05) is 13.8 Å². The Balaban J connectivity index is 3.67. The lowest BCUT2D eigenvalue weighted by Crippen LogP contribution is -1.99. The van der Waals surface area contributed by atoms with E-state index in [0.29, 0.717) is 6.61 Å². The van der Waals surface area contributed by atoms with Gasteiger partial charge in [-0.05, 0) is 30.9 Å². The van der Waals surface area contributed by atoms with Crippen LogP contribution in [0.15, 0.2) is 11.0 Å². The summed E-state index contributed by atoms with van der Waals surface area (Å²) in [4.78, 5) is 12.0. The van der Waals surface area contributed by atoms with Crippen molar-refractivity contribution in [3.63, 3.8) is 0 Å². The van der Waals surface area contributed by atoms with E-state index in [2.05, 4.69) is 6.92 Å². The fourth-order valence-corrected chi connectivity index (χ4v) is 1.70. The first-order valence-corrected chi connectivity index (χ1v) is 5.67. The van der Waals surface area contributed by atoms with Crippen molar-refractivity contribution in [3.8, 4) is 0 Å². The highest BCUT2D eigenvalue weighted by molar-refractivity contribution is 8.03. The van der Waals surface area contributed by atoms with E-state index in [4.69, 9.17) is 4.74 Å². The zero-order valence-electron chi connectivity index (χ0n) is 8.63. The number of rotatable bonds is 6. The van der Waals surface area contributed by atoms with Crippen molar-refractivity contribution in [3.05, 3.63) is 11.0 Å². The molecule has 0 aliphatic heterocycles. The summed E-state index contributed by atoms with van der Waals surface area (Å²) < 4.78 is 4.79. The van der Waals surface area contributed by atoms with Crippen LogP contribution in [-0.4, -0.2) is 18.3 Å². The second-order valence-electron chi connectivity index (χ2n) is 2.71. The Morgan fingerprint density at radius 1 is 1.46 bits per heavy atom. The molecule has 2 nitrogen and oxygen atoms in total. The van der Waals surface area contributed by atoms with E-state index in [1.54, 1.807) is 17.8 Å². The molecule has 0 unspecified atom stereocenters. The maximum atomic E-state index is 11.0. The van der Waals surface area contributed by atoms with Crippen molar-refractivity contribution in [2.75, 3.05) is 12.4 Å². The highest BCUT2D eigenvalue weighted by atomic mass is 32.2. The third-order valence-corrected chi connectivity index (χ3v) is 2.50. The maximum Gasteiger partial charge on any atom is 0.331 e. The van der Waals surface area contributed by atoms with Crippen LogP contribution >= 0.6 is 11.8 Å². The molecule has 0 aromatic rings. The maximum absolute atomic E-state index is 11.0. The smallest absolute Gasteiger partial charge is 0.331 e. The summed E-state index contributed by atoms with van der Waals surface area (Å²) >= 11 is 1.72. The molecule has 0 spiro atoms. The summed E-state index contributed by atoms with van der Waals surface area (Å²) in [6.45, 7) is 6.36. The Bertz CT molecular complexity index is 176. The molecular formula is C10H18O2S. The molecule has 0 saturated carbocycles. The summed E-state index contributed by atoms with van der Waals surface area (Å²) in [5, 5.41) is 0. The normalized spacial score (nSPS) is 11.5. The predicted molar refractivity (Wildman–Crippen MR) is 57.8 cm³/mol. The van der Waals surface area contributed by atoms with Crippen molar-refractivity contribution < 1.29 is 9.53 Å². The van der Waals surface area contributed by atoms with Gasteiger partial charge in [0.15, 0.2) is 0 Å². The molecule has 0 aliphatic rings. The fraction of sp³-hybridized carbons (Fsp3) is 0.700. The number of thioether (sulfide) groups is 1. The van der Waals surface area contributed by atoms with Gasteiger partial charge in [-0.25, -0.2) is 4.79 Å². The van der Waals surface area contributed by atoms with Gasteiger partial charge >= 0.3 is 5.97 Å². The Morgan fingerprint density at radius 3 is 2.69 bits per heavy atom. The van der Waals surface area contributed by atoms with Crippen LogP contribution in [0.4, 0.5) is 0 Å². The third kappa shape index (κ3) is 7.91. The number of carbonyl (C=O) groups is 1. The molecule has 0 N–H and O–H groups in total. The van der Waals surface area contributed by atoms with E-state index >= 15 is 0 Å². The Hall–Kier alpha value is -0.440. The van der Waals surface area contributed by atoms with Crippen LogP contribution in [-0.2, 0) is 9.53 Å². The minimum Gasteiger partial charge on any atom is -0.463 e. The number of unbranched alkanes of at least 4 members (excludes halogenated alkanes) is 1. The molecule has 13 heavy (non-hydrogen) atoms. The number of ether oxygens (including phenoxy) is 1. The lowest BCUT2D eigenvalue weighted by atomic mass is 10.4. The molecule has 0 radical (unpaired) electrons. The average molecular weight is 202 g/mol. The molecule has 0 rings (SSSR count). The lowest BCUT2D eigenvalue weighted by Gasteiger charge is -2.00. The summed E-state index contributed by atoms with van der Waals surface area (Å²) in [5.41, 5.74) is 0. The van der Waals surface area contributed by atoms with Crippen LogP contribution in [0, 0.1) is 0 Å². The second-order valence-corrected chi connectivity index (χ2v) is 4.05. The zero-order valence-corrected chi connectivity index (χ0v) is 9.45. The van der Waals surface area contributed by atoms with Gasteiger partial charge in [0.2, 0.25) is 0 Å². The highest BCUT2D eigenvalue weighted by Gasteiger charge is 1.97. The van der Waals surface area contributed by atoms with Gasteiger partial charge < -0.3 is 4.74 Å². The SMILES string of the molecule is CCCCSC(C)=CC(=O)OCC. The van der Waals surface area contributed by atoms with Gasteiger partial charge in [0.25, 0.3) is 0 Å². The molecular weight excluding hydrogens is 184 g/mol. The van der Waals surface area contributed by atoms with Crippen molar-refractivity contribution >= 4 is 17.7 Å². The standard InChI is InChI=1S/C10H18O2S/c1-4-6-7-13-9(3)8-10(11)12-5-2/h8H,4-7H2,1-3H3. The minimum atomic E-state index is -0.232. The Kier molecular flexibility index (Phi) is 7.90. The van der Waals surface area contributed by atoms with E-state index in [-0.39, 0.29) is 5.97 Å². The largest absolute Gasteiger partial charge is 0.463 e. The van der Waals surface area contributed by atoms with Crippen LogP contribution in [0.1, 0.15) is 33.6 Å². The molecule has 0 saturated heterocycles. The molecule has 76 valence electrons. The van der Waals surface area contributed by atoms with Crippen molar-refractivity contribution in [2.45, 2.75) is 33.6 Å². The first kappa shape index (κ1) is 12.6. The van der Waals surface area contributed by atoms with Gasteiger partial charge in [-0.2, -0.15) is 0 Å². The van der Waals surface area contributed by atoms with Gasteiger partial charge in [0, 0.05) is 6.08 Å². The molecule has 0 atom stereocenters. The van der Waals surface area contributed by atoms with Gasteiger partial charge in [0.1, 0.15) is 0 Å². The third-order valence-electron chi connectivity index (χ3n) is 1.44. The molecule has 0 heterocycles. The van der Waals surface area contributed by atoms with Crippen LogP contribution in [0.25, 0.3) is 0 Å². The summed E-state index contributed by atoms with van der Waals surface area (Å²) in [6, 6.07) is 0. The Labute approximate surface area is 84.7 Å². The van der Waals surface area contributed by atoms with E-state index in [0.717, 1.165) is 10.7 Å². The monoisotopic (exact) mass is 202 g/mol.